The number of hydrogen-bond acceptors (Lipinski definition) is 5. The predicted octanol–water partition coefficient (Wildman–Crippen LogP) is 1.65. The van der Waals surface area contributed by atoms with E-state index in [1.54, 1.807) is 18.9 Å². The predicted molar refractivity (Wildman–Crippen MR) is 91.3 cm³/mol. The first-order valence-electron chi connectivity index (χ1n) is 9.04. The van der Waals surface area contributed by atoms with Gasteiger partial charge in [0.05, 0.1) is 17.7 Å². The summed E-state index contributed by atoms with van der Waals surface area (Å²) in [6.07, 6.45) is 3.19. The zero-order chi connectivity index (χ0) is 18.0. The Bertz CT molecular complexity index is 657. The van der Waals surface area contributed by atoms with E-state index in [9.17, 15) is 9.59 Å². The molecular formula is C18H27N3O4. The van der Waals surface area contributed by atoms with Crippen LogP contribution in [-0.2, 0) is 16.0 Å². The molecule has 1 spiro atoms. The molecule has 0 radical (unpaired) electrons. The van der Waals surface area contributed by atoms with E-state index in [-0.39, 0.29) is 11.8 Å². The molecule has 2 aliphatic rings. The van der Waals surface area contributed by atoms with E-state index in [1.165, 1.54) is 0 Å². The smallest absolute Gasteiger partial charge is 0.291 e. The van der Waals surface area contributed by atoms with Gasteiger partial charge in [-0.1, -0.05) is 6.92 Å². The summed E-state index contributed by atoms with van der Waals surface area (Å²) < 4.78 is 10.7. The Morgan fingerprint density at radius 2 is 2.16 bits per heavy atom. The molecule has 0 bridgehead atoms. The van der Waals surface area contributed by atoms with Crippen molar-refractivity contribution in [3.63, 3.8) is 0 Å². The first-order valence-corrected chi connectivity index (χ1v) is 9.04. The van der Waals surface area contributed by atoms with E-state index in [2.05, 4.69) is 4.98 Å². The fourth-order valence-electron chi connectivity index (χ4n) is 3.94. The summed E-state index contributed by atoms with van der Waals surface area (Å²) in [7, 11) is 1.64. The third kappa shape index (κ3) is 3.29. The molecule has 25 heavy (non-hydrogen) atoms. The molecule has 3 heterocycles. The van der Waals surface area contributed by atoms with Crippen molar-refractivity contribution in [2.24, 2.45) is 5.41 Å². The highest BCUT2D eigenvalue weighted by Crippen LogP contribution is 2.40. The lowest BCUT2D eigenvalue weighted by Crippen LogP contribution is -2.51. The Kier molecular flexibility index (Phi) is 5.13. The molecule has 2 aliphatic heterocycles. The topological polar surface area (TPSA) is 75.9 Å². The van der Waals surface area contributed by atoms with E-state index < -0.39 is 5.41 Å². The molecule has 0 saturated carbocycles. The molecule has 7 heteroatoms. The molecule has 1 aromatic rings. The van der Waals surface area contributed by atoms with Crippen LogP contribution in [0.1, 0.15) is 48.3 Å². The second kappa shape index (κ2) is 7.15. The molecule has 138 valence electrons. The van der Waals surface area contributed by atoms with Crippen LogP contribution in [0, 0.1) is 12.3 Å². The summed E-state index contributed by atoms with van der Waals surface area (Å²) in [5.74, 6) is 0.903. The number of nitrogens with zero attached hydrogens (tertiary/aromatic N) is 3. The van der Waals surface area contributed by atoms with Crippen molar-refractivity contribution >= 4 is 11.8 Å². The lowest BCUT2D eigenvalue weighted by atomic mass is 9.78. The number of methoxy groups -OCH3 is 1. The minimum absolute atomic E-state index is 0.150. The Labute approximate surface area is 148 Å². The maximum Gasteiger partial charge on any atom is 0.291 e. The van der Waals surface area contributed by atoms with Gasteiger partial charge in [0.15, 0.2) is 5.89 Å². The summed E-state index contributed by atoms with van der Waals surface area (Å²) in [5, 5.41) is 0. The van der Waals surface area contributed by atoms with Crippen LogP contribution < -0.4 is 0 Å². The van der Waals surface area contributed by atoms with Crippen LogP contribution >= 0.6 is 0 Å². The zero-order valence-corrected chi connectivity index (χ0v) is 15.3. The molecule has 0 unspecified atom stereocenters. The molecule has 1 aromatic heterocycles. The number of aromatic nitrogens is 1. The van der Waals surface area contributed by atoms with Crippen molar-refractivity contribution < 1.29 is 18.7 Å². The fourth-order valence-corrected chi connectivity index (χ4v) is 3.94. The molecule has 0 aromatic carbocycles. The standard InChI is InChI=1S/C18H27N3O4/c1-4-14-19-13(2)15(25-14)16(22)21-9-7-18(12-21)6-5-8-20(17(18)23)10-11-24-3/h4-12H2,1-3H3/t18-/m0/s1. The summed E-state index contributed by atoms with van der Waals surface area (Å²) in [4.78, 5) is 33.7. The van der Waals surface area contributed by atoms with Crippen LogP contribution in [0.5, 0.6) is 0 Å². The third-order valence-corrected chi connectivity index (χ3v) is 5.37. The highest BCUT2D eigenvalue weighted by molar-refractivity contribution is 5.94. The van der Waals surface area contributed by atoms with Gasteiger partial charge in [-0.3, -0.25) is 9.59 Å². The molecule has 2 amide bonds. The van der Waals surface area contributed by atoms with E-state index in [4.69, 9.17) is 9.15 Å². The SMILES string of the molecule is CCc1nc(C)c(C(=O)N2CC[C@@]3(CCCN(CCOC)C3=O)C2)o1. The lowest BCUT2D eigenvalue weighted by molar-refractivity contribution is -0.146. The quantitative estimate of drug-likeness (QED) is 0.808. The van der Waals surface area contributed by atoms with Gasteiger partial charge in [0.1, 0.15) is 0 Å². The molecule has 2 fully saturated rings. The summed E-state index contributed by atoms with van der Waals surface area (Å²) in [6.45, 7) is 6.73. The van der Waals surface area contributed by atoms with Gasteiger partial charge in [0.2, 0.25) is 11.7 Å². The van der Waals surface area contributed by atoms with Crippen LogP contribution in [0.4, 0.5) is 0 Å². The molecule has 7 nitrogen and oxygen atoms in total. The van der Waals surface area contributed by atoms with E-state index in [0.717, 1.165) is 25.8 Å². The van der Waals surface area contributed by atoms with Gasteiger partial charge in [-0.05, 0) is 26.2 Å². The highest BCUT2D eigenvalue weighted by atomic mass is 16.5. The van der Waals surface area contributed by atoms with Gasteiger partial charge in [0, 0.05) is 39.7 Å². The van der Waals surface area contributed by atoms with Gasteiger partial charge < -0.3 is 19.0 Å². The first-order chi connectivity index (χ1) is 12.0. The number of aryl methyl sites for hydroxylation is 2. The van der Waals surface area contributed by atoms with Crippen LogP contribution in [0.15, 0.2) is 4.42 Å². The number of carbonyl (C=O) groups excluding carboxylic acids is 2. The monoisotopic (exact) mass is 349 g/mol. The van der Waals surface area contributed by atoms with E-state index >= 15 is 0 Å². The normalized spacial score (nSPS) is 23.7. The second-order valence-corrected chi connectivity index (χ2v) is 7.02. The number of amides is 2. The van der Waals surface area contributed by atoms with Crippen LogP contribution in [0.25, 0.3) is 0 Å². The van der Waals surface area contributed by atoms with Gasteiger partial charge >= 0.3 is 0 Å². The Balaban J connectivity index is 1.72. The van der Waals surface area contributed by atoms with Gasteiger partial charge in [-0.2, -0.15) is 0 Å². The van der Waals surface area contributed by atoms with Crippen molar-refractivity contribution in [2.45, 2.75) is 39.5 Å². The Morgan fingerprint density at radius 1 is 1.36 bits per heavy atom. The van der Waals surface area contributed by atoms with Crippen molar-refractivity contribution in [1.29, 1.82) is 0 Å². The van der Waals surface area contributed by atoms with Gasteiger partial charge in [0.25, 0.3) is 5.91 Å². The number of rotatable bonds is 5. The summed E-state index contributed by atoms with van der Waals surface area (Å²) in [5.41, 5.74) is 0.183. The number of piperidine rings is 1. The maximum absolute atomic E-state index is 13.0. The zero-order valence-electron chi connectivity index (χ0n) is 15.3. The Morgan fingerprint density at radius 3 is 2.84 bits per heavy atom. The molecule has 1 atom stereocenters. The van der Waals surface area contributed by atoms with Crippen LogP contribution in [-0.4, -0.2) is 66.5 Å². The molecule has 0 aliphatic carbocycles. The van der Waals surface area contributed by atoms with Gasteiger partial charge in [-0.15, -0.1) is 0 Å². The highest BCUT2D eigenvalue weighted by Gasteiger charge is 2.49. The Hall–Kier alpha value is -1.89. The minimum Gasteiger partial charge on any atom is -0.435 e. The number of likely N-dealkylation sites (tertiary alicyclic amines) is 2. The maximum atomic E-state index is 13.0. The molecular weight excluding hydrogens is 322 g/mol. The van der Waals surface area contributed by atoms with Crippen molar-refractivity contribution in [3.8, 4) is 0 Å². The van der Waals surface area contributed by atoms with Crippen molar-refractivity contribution in [1.82, 2.24) is 14.8 Å². The van der Waals surface area contributed by atoms with Crippen molar-refractivity contribution in [2.75, 3.05) is 39.9 Å². The first kappa shape index (κ1) is 17.9. The minimum atomic E-state index is -0.441. The number of hydrogen-bond donors (Lipinski definition) is 0. The summed E-state index contributed by atoms with van der Waals surface area (Å²) >= 11 is 0. The average molecular weight is 349 g/mol. The van der Waals surface area contributed by atoms with Gasteiger partial charge in [-0.25, -0.2) is 4.98 Å². The van der Waals surface area contributed by atoms with E-state index in [1.807, 2.05) is 11.8 Å². The second-order valence-electron chi connectivity index (χ2n) is 7.02. The summed E-state index contributed by atoms with van der Waals surface area (Å²) in [6, 6.07) is 0. The molecule has 2 saturated heterocycles. The number of oxazole rings is 1. The molecule has 3 rings (SSSR count). The largest absolute Gasteiger partial charge is 0.435 e. The lowest BCUT2D eigenvalue weighted by Gasteiger charge is -2.39. The molecule has 0 N–H and O–H groups in total. The number of carbonyl (C=O) groups is 2. The fraction of sp³-hybridized carbons (Fsp3) is 0.722. The van der Waals surface area contributed by atoms with E-state index in [0.29, 0.717) is 50.0 Å². The third-order valence-electron chi connectivity index (χ3n) is 5.37. The van der Waals surface area contributed by atoms with Crippen LogP contribution in [0.3, 0.4) is 0 Å². The van der Waals surface area contributed by atoms with Crippen LogP contribution in [0.2, 0.25) is 0 Å². The number of ether oxygens (including phenoxy) is 1. The average Bonchev–Trinajstić information content (AvgIpc) is 3.20. The van der Waals surface area contributed by atoms with Crippen molar-refractivity contribution in [3.05, 3.63) is 17.3 Å².